The molecule has 0 spiro atoms. The van der Waals surface area contributed by atoms with Crippen LogP contribution < -0.4 is 0 Å². The van der Waals surface area contributed by atoms with Crippen molar-refractivity contribution in [3.05, 3.63) is 65.5 Å². The van der Waals surface area contributed by atoms with Crippen molar-refractivity contribution in [1.29, 1.82) is 0 Å². The van der Waals surface area contributed by atoms with Gasteiger partial charge in [-0.05, 0) is 41.0 Å². The van der Waals surface area contributed by atoms with Gasteiger partial charge in [-0.25, -0.2) is 9.18 Å². The van der Waals surface area contributed by atoms with Gasteiger partial charge in [0, 0.05) is 6.08 Å². The van der Waals surface area contributed by atoms with Crippen molar-refractivity contribution in [3.8, 4) is 11.1 Å². The lowest BCUT2D eigenvalue weighted by Gasteiger charge is -2.14. The molecule has 0 fully saturated rings. The molecule has 0 amide bonds. The highest BCUT2D eigenvalue weighted by Gasteiger charge is 2.33. The van der Waals surface area contributed by atoms with Crippen molar-refractivity contribution in [2.45, 2.75) is 6.18 Å². The summed E-state index contributed by atoms with van der Waals surface area (Å²) >= 11 is 0. The summed E-state index contributed by atoms with van der Waals surface area (Å²) in [7, 11) is 0. The second kappa shape index (κ2) is 6.01. The summed E-state index contributed by atoms with van der Waals surface area (Å²) in [6, 6.07) is 8.44. The second-order valence-electron chi connectivity index (χ2n) is 4.44. The van der Waals surface area contributed by atoms with E-state index in [1.807, 2.05) is 0 Å². The highest BCUT2D eigenvalue weighted by molar-refractivity contribution is 5.88. The van der Waals surface area contributed by atoms with E-state index in [-0.39, 0.29) is 11.1 Å². The molecule has 0 saturated heterocycles. The minimum atomic E-state index is -4.63. The van der Waals surface area contributed by atoms with Crippen LogP contribution in [0.3, 0.4) is 0 Å². The quantitative estimate of drug-likeness (QED) is 0.664. The zero-order valence-electron chi connectivity index (χ0n) is 11.1. The average Bonchev–Trinajstić information content (AvgIpc) is 2.44. The first kappa shape index (κ1) is 15.8. The molecule has 2 nitrogen and oxygen atoms in total. The summed E-state index contributed by atoms with van der Waals surface area (Å²) in [4.78, 5) is 10.6. The average molecular weight is 310 g/mol. The maximum absolute atomic E-state index is 13.1. The monoisotopic (exact) mass is 310 g/mol. The molecule has 0 unspecified atom stereocenters. The van der Waals surface area contributed by atoms with Crippen LogP contribution >= 0.6 is 0 Å². The number of carbonyl (C=O) groups is 1. The van der Waals surface area contributed by atoms with E-state index in [1.165, 1.54) is 24.3 Å². The number of rotatable bonds is 3. The maximum atomic E-state index is 13.1. The molecule has 0 atom stereocenters. The van der Waals surface area contributed by atoms with Crippen molar-refractivity contribution in [2.75, 3.05) is 0 Å². The van der Waals surface area contributed by atoms with E-state index in [1.54, 1.807) is 0 Å². The van der Waals surface area contributed by atoms with Gasteiger partial charge in [0.15, 0.2) is 0 Å². The number of halogens is 4. The molecular formula is C16H10F4O2. The smallest absolute Gasteiger partial charge is 0.417 e. The van der Waals surface area contributed by atoms with E-state index in [0.29, 0.717) is 11.6 Å². The highest BCUT2D eigenvalue weighted by atomic mass is 19.4. The van der Waals surface area contributed by atoms with Gasteiger partial charge in [-0.3, -0.25) is 0 Å². The van der Waals surface area contributed by atoms with Crippen molar-refractivity contribution < 1.29 is 27.5 Å². The summed E-state index contributed by atoms with van der Waals surface area (Å²) < 4.78 is 52.2. The molecule has 2 aromatic rings. The SMILES string of the molecule is O=C(O)C=Cc1c(-c2ccc(F)cc2)cccc1C(F)(F)F. The van der Waals surface area contributed by atoms with Crippen LogP contribution in [-0.2, 0) is 11.0 Å². The van der Waals surface area contributed by atoms with E-state index in [4.69, 9.17) is 5.11 Å². The Labute approximate surface area is 123 Å². The fourth-order valence-electron chi connectivity index (χ4n) is 2.03. The Kier molecular flexibility index (Phi) is 4.30. The molecule has 0 aliphatic heterocycles. The largest absolute Gasteiger partial charge is 0.478 e. The third-order valence-electron chi connectivity index (χ3n) is 2.96. The summed E-state index contributed by atoms with van der Waals surface area (Å²) in [5.41, 5.74) is -0.694. The molecule has 0 radical (unpaired) electrons. The molecule has 0 saturated carbocycles. The van der Waals surface area contributed by atoms with Gasteiger partial charge in [0.2, 0.25) is 0 Å². The van der Waals surface area contributed by atoms with E-state index in [9.17, 15) is 22.4 Å². The first-order chi connectivity index (χ1) is 10.3. The Morgan fingerprint density at radius 1 is 1.05 bits per heavy atom. The zero-order valence-corrected chi connectivity index (χ0v) is 11.1. The predicted octanol–water partition coefficient (Wildman–Crippen LogP) is 4.61. The third-order valence-corrected chi connectivity index (χ3v) is 2.96. The van der Waals surface area contributed by atoms with Crippen LogP contribution in [0.1, 0.15) is 11.1 Å². The van der Waals surface area contributed by atoms with Gasteiger partial charge in [-0.1, -0.05) is 24.3 Å². The van der Waals surface area contributed by atoms with Crippen LogP contribution in [0.5, 0.6) is 0 Å². The second-order valence-corrected chi connectivity index (χ2v) is 4.44. The van der Waals surface area contributed by atoms with Crippen LogP contribution in [0.4, 0.5) is 17.6 Å². The summed E-state index contributed by atoms with van der Waals surface area (Å²) in [6.45, 7) is 0. The van der Waals surface area contributed by atoms with Crippen LogP contribution in [0.2, 0.25) is 0 Å². The topological polar surface area (TPSA) is 37.3 Å². The number of carboxylic acid groups (broad SMARTS) is 1. The molecule has 114 valence electrons. The Balaban J connectivity index is 2.67. The Morgan fingerprint density at radius 3 is 2.23 bits per heavy atom. The lowest BCUT2D eigenvalue weighted by atomic mass is 9.94. The predicted molar refractivity (Wildman–Crippen MR) is 73.5 cm³/mol. The molecule has 0 aromatic heterocycles. The molecule has 0 heterocycles. The van der Waals surface area contributed by atoms with E-state index in [0.717, 1.165) is 24.3 Å². The standard InChI is InChI=1S/C16H10F4O2/c17-11-6-4-10(5-7-11)12-2-1-3-14(16(18,19)20)13(12)8-9-15(21)22/h1-9H,(H,21,22). The van der Waals surface area contributed by atoms with Gasteiger partial charge in [0.05, 0.1) is 5.56 Å². The van der Waals surface area contributed by atoms with Gasteiger partial charge in [0.25, 0.3) is 0 Å². The molecule has 6 heteroatoms. The fourth-order valence-corrected chi connectivity index (χ4v) is 2.03. The molecular weight excluding hydrogens is 300 g/mol. The van der Waals surface area contributed by atoms with Crippen molar-refractivity contribution in [2.24, 2.45) is 0 Å². The van der Waals surface area contributed by atoms with Crippen LogP contribution in [0.15, 0.2) is 48.5 Å². The maximum Gasteiger partial charge on any atom is 0.417 e. The van der Waals surface area contributed by atoms with Gasteiger partial charge < -0.3 is 5.11 Å². The summed E-state index contributed by atoms with van der Waals surface area (Å²) in [5.74, 6) is -1.87. The van der Waals surface area contributed by atoms with E-state index >= 15 is 0 Å². The minimum Gasteiger partial charge on any atom is -0.478 e. The number of alkyl halides is 3. The third kappa shape index (κ3) is 3.52. The lowest BCUT2D eigenvalue weighted by Crippen LogP contribution is -2.08. The van der Waals surface area contributed by atoms with Crippen molar-refractivity contribution in [3.63, 3.8) is 0 Å². The summed E-state index contributed by atoms with van der Waals surface area (Å²) in [5, 5.41) is 8.65. The molecule has 2 aromatic carbocycles. The van der Waals surface area contributed by atoms with Crippen LogP contribution in [0, 0.1) is 5.82 Å². The molecule has 0 aliphatic rings. The zero-order chi connectivity index (χ0) is 16.3. The van der Waals surface area contributed by atoms with Gasteiger partial charge in [0.1, 0.15) is 5.82 Å². The Bertz CT molecular complexity index is 716. The first-order valence-electron chi connectivity index (χ1n) is 6.16. The molecule has 2 rings (SSSR count). The molecule has 1 N–H and O–H groups in total. The van der Waals surface area contributed by atoms with Crippen molar-refractivity contribution >= 4 is 12.0 Å². The Morgan fingerprint density at radius 2 is 1.68 bits per heavy atom. The van der Waals surface area contributed by atoms with Crippen LogP contribution in [0.25, 0.3) is 17.2 Å². The molecule has 0 aliphatic carbocycles. The Hall–Kier alpha value is -2.63. The normalized spacial score (nSPS) is 11.8. The van der Waals surface area contributed by atoms with Gasteiger partial charge in [-0.15, -0.1) is 0 Å². The number of aliphatic carboxylic acids is 1. The van der Waals surface area contributed by atoms with E-state index < -0.39 is 23.5 Å². The molecule has 22 heavy (non-hydrogen) atoms. The van der Waals surface area contributed by atoms with Gasteiger partial charge in [-0.2, -0.15) is 13.2 Å². The highest BCUT2D eigenvalue weighted by Crippen LogP contribution is 2.37. The van der Waals surface area contributed by atoms with E-state index in [2.05, 4.69) is 0 Å². The first-order valence-corrected chi connectivity index (χ1v) is 6.16. The van der Waals surface area contributed by atoms with Crippen LogP contribution in [-0.4, -0.2) is 11.1 Å². The summed E-state index contributed by atoms with van der Waals surface area (Å²) in [6.07, 6.45) is -3.10. The number of carboxylic acids is 1. The molecule has 0 bridgehead atoms. The number of benzene rings is 2. The number of hydrogen-bond acceptors (Lipinski definition) is 1. The lowest BCUT2D eigenvalue weighted by molar-refractivity contribution is -0.137. The minimum absolute atomic E-state index is 0.173. The fraction of sp³-hybridized carbons (Fsp3) is 0.0625. The van der Waals surface area contributed by atoms with Gasteiger partial charge >= 0.3 is 12.1 Å². The van der Waals surface area contributed by atoms with Crippen molar-refractivity contribution in [1.82, 2.24) is 0 Å². The number of hydrogen-bond donors (Lipinski definition) is 1.